The zero-order valence-corrected chi connectivity index (χ0v) is 11.2. The van der Waals surface area contributed by atoms with Crippen molar-refractivity contribution >= 4 is 11.2 Å². The van der Waals surface area contributed by atoms with E-state index in [1.54, 1.807) is 18.5 Å². The van der Waals surface area contributed by atoms with Gasteiger partial charge >= 0.3 is 0 Å². The van der Waals surface area contributed by atoms with E-state index < -0.39 is 0 Å². The van der Waals surface area contributed by atoms with Gasteiger partial charge in [0.25, 0.3) is 0 Å². The smallest absolute Gasteiger partial charge is 0.233 e. The summed E-state index contributed by atoms with van der Waals surface area (Å²) in [6.45, 7) is 3.83. The number of nitrogens with one attached hydrogen (secondary N) is 1. The quantitative estimate of drug-likeness (QED) is 0.856. The van der Waals surface area contributed by atoms with Gasteiger partial charge in [-0.15, -0.1) is 0 Å². The number of rotatable bonds is 4. The van der Waals surface area contributed by atoms with Crippen LogP contribution in [0.2, 0.25) is 0 Å². The molecular weight excluding hydrogens is 254 g/mol. The van der Waals surface area contributed by atoms with E-state index in [1.165, 1.54) is 0 Å². The van der Waals surface area contributed by atoms with E-state index in [0.717, 1.165) is 5.56 Å². The Balaban J connectivity index is 2.33. The molecule has 6 heteroatoms. The maximum atomic E-state index is 8.71. The summed E-state index contributed by atoms with van der Waals surface area (Å²) in [7, 11) is 0. The maximum absolute atomic E-state index is 8.71. The van der Waals surface area contributed by atoms with Gasteiger partial charge in [0.05, 0.1) is 12.3 Å². The predicted molar refractivity (Wildman–Crippen MR) is 72.7 cm³/mol. The van der Waals surface area contributed by atoms with Crippen molar-refractivity contribution in [2.24, 2.45) is 0 Å². The first kappa shape index (κ1) is 13.6. The van der Waals surface area contributed by atoms with Crippen molar-refractivity contribution in [1.82, 2.24) is 15.0 Å². The van der Waals surface area contributed by atoms with E-state index in [1.807, 2.05) is 26.0 Å². The fraction of sp³-hybridized carbons (Fsp3) is 0.286. The highest BCUT2D eigenvalue weighted by Crippen LogP contribution is 2.19. The van der Waals surface area contributed by atoms with Crippen LogP contribution in [-0.4, -0.2) is 21.1 Å². The Bertz CT molecular complexity index is 714. The highest BCUT2D eigenvalue weighted by molar-refractivity contribution is 5.75. The summed E-state index contributed by atoms with van der Waals surface area (Å²) in [4.78, 5) is 11.6. The number of hydrogen-bond donors (Lipinski definition) is 1. The Morgan fingerprint density at radius 1 is 1.45 bits per heavy atom. The van der Waals surface area contributed by atoms with Crippen LogP contribution in [0.25, 0.3) is 11.2 Å². The number of allylic oxidation sites excluding steroid dienone is 2. The zero-order chi connectivity index (χ0) is 14.5. The average molecular weight is 267 g/mol. The van der Waals surface area contributed by atoms with E-state index in [2.05, 4.69) is 15.0 Å². The lowest BCUT2D eigenvalue weighted by molar-refractivity contribution is 0.232. The summed E-state index contributed by atoms with van der Waals surface area (Å²) >= 11 is 0. The molecule has 0 unspecified atom stereocenters. The number of nitrogens with zero attached hydrogens (tertiary/aromatic N) is 4. The number of nitriles is 2. The molecule has 0 radical (unpaired) electrons. The lowest BCUT2D eigenvalue weighted by atomic mass is 10.1. The van der Waals surface area contributed by atoms with Gasteiger partial charge in [0.2, 0.25) is 5.88 Å². The third kappa shape index (κ3) is 2.93. The number of hydrogen-bond acceptors (Lipinski definition) is 5. The van der Waals surface area contributed by atoms with E-state index in [9.17, 15) is 0 Å². The molecule has 0 spiro atoms. The first-order valence-corrected chi connectivity index (χ1v) is 6.14. The van der Waals surface area contributed by atoms with Crippen molar-refractivity contribution in [1.29, 1.82) is 10.5 Å². The number of fused-ring (bicyclic) bond motifs is 1. The molecule has 2 heterocycles. The summed E-state index contributed by atoms with van der Waals surface area (Å²) < 4.78 is 5.51. The topological polar surface area (TPSA) is 98.4 Å². The Hall–Kier alpha value is -2.86. The van der Waals surface area contributed by atoms with Crippen LogP contribution >= 0.6 is 0 Å². The normalized spacial score (nSPS) is 10.1. The monoisotopic (exact) mass is 267 g/mol. The maximum Gasteiger partial charge on any atom is 0.233 e. The Morgan fingerprint density at radius 2 is 2.20 bits per heavy atom. The molecule has 0 saturated heterocycles. The minimum absolute atomic E-state index is 0.0211. The molecule has 0 aliphatic heterocycles. The van der Waals surface area contributed by atoms with E-state index >= 15 is 0 Å². The predicted octanol–water partition coefficient (Wildman–Crippen LogP) is 2.26. The van der Waals surface area contributed by atoms with Crippen molar-refractivity contribution in [3.05, 3.63) is 29.6 Å². The van der Waals surface area contributed by atoms with Crippen molar-refractivity contribution < 1.29 is 4.74 Å². The van der Waals surface area contributed by atoms with Gasteiger partial charge in [-0.05, 0) is 20.3 Å². The van der Waals surface area contributed by atoms with Crippen LogP contribution < -0.4 is 4.74 Å². The molecule has 0 aliphatic rings. The lowest BCUT2D eigenvalue weighted by Gasteiger charge is -2.07. The van der Waals surface area contributed by atoms with Gasteiger partial charge in [-0.1, -0.05) is 6.08 Å². The van der Waals surface area contributed by atoms with Crippen molar-refractivity contribution in [2.45, 2.75) is 26.4 Å². The summed E-state index contributed by atoms with van der Waals surface area (Å²) in [6.07, 6.45) is 5.37. The van der Waals surface area contributed by atoms with Crippen molar-refractivity contribution in [3.8, 4) is 18.0 Å². The van der Waals surface area contributed by atoms with Crippen molar-refractivity contribution in [3.63, 3.8) is 0 Å². The molecule has 0 fully saturated rings. The molecule has 2 aromatic rings. The Labute approximate surface area is 116 Å². The molecule has 0 aliphatic carbocycles. The fourth-order valence-corrected chi connectivity index (χ4v) is 1.71. The van der Waals surface area contributed by atoms with Gasteiger partial charge in [-0.2, -0.15) is 10.5 Å². The summed E-state index contributed by atoms with van der Waals surface area (Å²) in [6, 6.07) is 3.66. The van der Waals surface area contributed by atoms with Crippen LogP contribution in [0.3, 0.4) is 0 Å². The van der Waals surface area contributed by atoms with Crippen molar-refractivity contribution in [2.75, 3.05) is 0 Å². The molecule has 2 rings (SSSR count). The number of H-pyrrole nitrogens is 1. The molecular formula is C14H13N5O. The highest BCUT2D eigenvalue weighted by Gasteiger charge is 2.08. The number of aromatic amines is 1. The van der Waals surface area contributed by atoms with Gasteiger partial charge in [0, 0.05) is 11.8 Å². The molecule has 0 atom stereocenters. The Kier molecular flexibility index (Phi) is 3.97. The van der Waals surface area contributed by atoms with Crippen LogP contribution in [0.15, 0.2) is 24.0 Å². The van der Waals surface area contributed by atoms with Crippen LogP contribution in [-0.2, 0) is 6.42 Å². The fourth-order valence-electron chi connectivity index (χ4n) is 1.71. The highest BCUT2D eigenvalue weighted by atomic mass is 16.5. The molecule has 1 N–H and O–H groups in total. The molecule has 0 amide bonds. The molecule has 20 heavy (non-hydrogen) atoms. The van der Waals surface area contributed by atoms with Crippen LogP contribution in [0.4, 0.5) is 0 Å². The molecule has 6 nitrogen and oxygen atoms in total. The molecule has 2 aromatic heterocycles. The van der Waals surface area contributed by atoms with Crippen LogP contribution in [0.1, 0.15) is 19.4 Å². The van der Waals surface area contributed by atoms with E-state index in [4.69, 9.17) is 15.3 Å². The minimum atomic E-state index is 0.0211. The second-order valence-electron chi connectivity index (χ2n) is 4.43. The second-order valence-corrected chi connectivity index (χ2v) is 4.43. The third-order valence-corrected chi connectivity index (χ3v) is 2.56. The van der Waals surface area contributed by atoms with E-state index in [-0.39, 0.29) is 11.7 Å². The lowest BCUT2D eigenvalue weighted by Crippen LogP contribution is -2.07. The number of aromatic nitrogens is 3. The summed E-state index contributed by atoms with van der Waals surface area (Å²) in [5.74, 6) is 0.457. The zero-order valence-electron chi connectivity index (χ0n) is 11.2. The first-order valence-electron chi connectivity index (χ1n) is 6.14. The SMILES string of the molecule is CC(C)Oc1cnc2[nH]cc(CC=C(C#N)C#N)c2n1. The van der Waals surface area contributed by atoms with E-state index in [0.29, 0.717) is 23.5 Å². The van der Waals surface area contributed by atoms with Gasteiger partial charge in [0.15, 0.2) is 5.65 Å². The van der Waals surface area contributed by atoms with Gasteiger partial charge in [0.1, 0.15) is 23.2 Å². The summed E-state index contributed by atoms with van der Waals surface area (Å²) in [5.41, 5.74) is 2.29. The molecule has 0 saturated carbocycles. The number of ether oxygens (including phenoxy) is 1. The first-order chi connectivity index (χ1) is 9.63. The van der Waals surface area contributed by atoms with Gasteiger partial charge in [-0.3, -0.25) is 0 Å². The van der Waals surface area contributed by atoms with Gasteiger partial charge in [-0.25, -0.2) is 9.97 Å². The third-order valence-electron chi connectivity index (χ3n) is 2.56. The standard InChI is InChI=1S/C14H13N5O/c1-9(2)20-12-8-18-14-13(19-12)11(7-17-14)4-3-10(5-15)6-16/h3,7-9H,4H2,1-2H3,(H,17,18). The summed E-state index contributed by atoms with van der Waals surface area (Å²) in [5, 5.41) is 17.4. The molecule has 100 valence electrons. The minimum Gasteiger partial charge on any atom is -0.474 e. The molecule has 0 aromatic carbocycles. The second kappa shape index (κ2) is 5.85. The average Bonchev–Trinajstić information content (AvgIpc) is 2.82. The van der Waals surface area contributed by atoms with Crippen LogP contribution in [0, 0.1) is 22.7 Å². The molecule has 0 bridgehead atoms. The largest absolute Gasteiger partial charge is 0.474 e. The van der Waals surface area contributed by atoms with Crippen LogP contribution in [0.5, 0.6) is 5.88 Å². The van der Waals surface area contributed by atoms with Gasteiger partial charge < -0.3 is 9.72 Å². The Morgan fingerprint density at radius 3 is 2.85 bits per heavy atom.